The lowest BCUT2D eigenvalue weighted by Gasteiger charge is -2.35. The molecule has 1 nitrogen and oxygen atoms in total. The minimum absolute atomic E-state index is 0. The second kappa shape index (κ2) is 5.15. The first kappa shape index (κ1) is 11.4. The molecule has 1 rings (SSSR count). The standard InChI is InChI=1S/C9H19N.BrH/c1-3-9(4-2)5-7-10-8-6-9;/h10H,3-8H2,1-2H3;1H. The molecule has 11 heavy (non-hydrogen) atoms. The van der Waals surface area contributed by atoms with E-state index in [0.29, 0.717) is 5.41 Å². The molecule has 0 aromatic rings. The Morgan fingerprint density at radius 2 is 1.55 bits per heavy atom. The van der Waals surface area contributed by atoms with Gasteiger partial charge in [-0.25, -0.2) is 0 Å². The van der Waals surface area contributed by atoms with Crippen molar-refractivity contribution in [3.63, 3.8) is 0 Å². The van der Waals surface area contributed by atoms with Crippen molar-refractivity contribution < 1.29 is 0 Å². The number of halogens is 1. The Kier molecular flexibility index (Phi) is 5.36. The summed E-state index contributed by atoms with van der Waals surface area (Å²) < 4.78 is 0. The molecule has 2 heteroatoms. The highest BCUT2D eigenvalue weighted by atomic mass is 79.9. The molecule has 0 amide bonds. The average molecular weight is 222 g/mol. The van der Waals surface area contributed by atoms with Crippen LogP contribution in [0.1, 0.15) is 39.5 Å². The van der Waals surface area contributed by atoms with E-state index in [0.717, 1.165) is 0 Å². The minimum Gasteiger partial charge on any atom is -0.317 e. The topological polar surface area (TPSA) is 12.0 Å². The van der Waals surface area contributed by atoms with Crippen molar-refractivity contribution in [1.82, 2.24) is 5.32 Å². The van der Waals surface area contributed by atoms with Gasteiger partial charge in [-0.3, -0.25) is 0 Å². The first-order chi connectivity index (χ1) is 4.83. The van der Waals surface area contributed by atoms with Crippen LogP contribution in [-0.4, -0.2) is 13.1 Å². The fraction of sp³-hybridized carbons (Fsp3) is 1.00. The van der Waals surface area contributed by atoms with Gasteiger partial charge in [-0.2, -0.15) is 0 Å². The Hall–Kier alpha value is 0.440. The fourth-order valence-corrected chi connectivity index (χ4v) is 1.91. The Morgan fingerprint density at radius 1 is 1.09 bits per heavy atom. The second-order valence-corrected chi connectivity index (χ2v) is 3.46. The summed E-state index contributed by atoms with van der Waals surface area (Å²) in [6.07, 6.45) is 5.51. The summed E-state index contributed by atoms with van der Waals surface area (Å²) in [5.74, 6) is 0. The lowest BCUT2D eigenvalue weighted by atomic mass is 9.75. The van der Waals surface area contributed by atoms with Crippen LogP contribution < -0.4 is 5.32 Å². The number of hydrogen-bond donors (Lipinski definition) is 1. The van der Waals surface area contributed by atoms with Gasteiger partial charge >= 0.3 is 0 Å². The van der Waals surface area contributed by atoms with Crippen LogP contribution in [0.25, 0.3) is 0 Å². The predicted molar refractivity (Wildman–Crippen MR) is 55.4 cm³/mol. The van der Waals surface area contributed by atoms with Crippen LogP contribution in [0.4, 0.5) is 0 Å². The monoisotopic (exact) mass is 221 g/mol. The lowest BCUT2D eigenvalue weighted by Crippen LogP contribution is -2.35. The van der Waals surface area contributed by atoms with Crippen LogP contribution in [0.5, 0.6) is 0 Å². The Labute approximate surface area is 80.7 Å². The van der Waals surface area contributed by atoms with Crippen LogP contribution in [0, 0.1) is 5.41 Å². The van der Waals surface area contributed by atoms with E-state index < -0.39 is 0 Å². The third-order valence-corrected chi connectivity index (χ3v) is 3.16. The summed E-state index contributed by atoms with van der Waals surface area (Å²) in [4.78, 5) is 0. The molecule has 0 radical (unpaired) electrons. The largest absolute Gasteiger partial charge is 0.317 e. The smallest absolute Gasteiger partial charge is 0.00436 e. The van der Waals surface area contributed by atoms with Crippen LogP contribution in [-0.2, 0) is 0 Å². The van der Waals surface area contributed by atoms with Crippen molar-refractivity contribution in [2.24, 2.45) is 5.41 Å². The van der Waals surface area contributed by atoms with Gasteiger partial charge in [0.2, 0.25) is 0 Å². The molecule has 1 saturated heterocycles. The van der Waals surface area contributed by atoms with E-state index in [4.69, 9.17) is 0 Å². The highest BCUT2D eigenvalue weighted by Crippen LogP contribution is 2.35. The Balaban J connectivity index is 0.000001000. The van der Waals surface area contributed by atoms with Gasteiger partial charge in [0.05, 0.1) is 0 Å². The van der Waals surface area contributed by atoms with Crippen molar-refractivity contribution in [3.8, 4) is 0 Å². The van der Waals surface area contributed by atoms with Crippen LogP contribution in [0.2, 0.25) is 0 Å². The highest BCUT2D eigenvalue weighted by molar-refractivity contribution is 8.93. The summed E-state index contributed by atoms with van der Waals surface area (Å²) in [6.45, 7) is 7.13. The summed E-state index contributed by atoms with van der Waals surface area (Å²) >= 11 is 0. The number of hydrogen-bond acceptors (Lipinski definition) is 1. The molecule has 1 aliphatic heterocycles. The zero-order valence-electron chi connectivity index (χ0n) is 7.65. The van der Waals surface area contributed by atoms with Gasteiger partial charge < -0.3 is 5.32 Å². The van der Waals surface area contributed by atoms with E-state index in [9.17, 15) is 0 Å². The molecule has 0 saturated carbocycles. The first-order valence-corrected chi connectivity index (χ1v) is 4.54. The minimum atomic E-state index is 0. The van der Waals surface area contributed by atoms with E-state index in [1.807, 2.05) is 0 Å². The van der Waals surface area contributed by atoms with Gasteiger partial charge in [-0.1, -0.05) is 26.7 Å². The van der Waals surface area contributed by atoms with Gasteiger partial charge in [-0.15, -0.1) is 17.0 Å². The maximum absolute atomic E-state index is 3.41. The molecular weight excluding hydrogens is 202 g/mol. The molecule has 0 bridgehead atoms. The molecule has 0 spiro atoms. The van der Waals surface area contributed by atoms with Gasteiger partial charge in [-0.05, 0) is 31.3 Å². The zero-order chi connectivity index (χ0) is 7.45. The molecule has 0 atom stereocenters. The molecule has 68 valence electrons. The van der Waals surface area contributed by atoms with E-state index in [2.05, 4.69) is 19.2 Å². The third-order valence-electron chi connectivity index (χ3n) is 3.16. The van der Waals surface area contributed by atoms with E-state index >= 15 is 0 Å². The van der Waals surface area contributed by atoms with Crippen molar-refractivity contribution in [2.75, 3.05) is 13.1 Å². The molecular formula is C9H20BrN. The Morgan fingerprint density at radius 3 is 1.82 bits per heavy atom. The van der Waals surface area contributed by atoms with Crippen molar-refractivity contribution in [2.45, 2.75) is 39.5 Å². The van der Waals surface area contributed by atoms with Gasteiger partial charge in [0, 0.05) is 0 Å². The molecule has 1 N–H and O–H groups in total. The van der Waals surface area contributed by atoms with Gasteiger partial charge in [0.25, 0.3) is 0 Å². The molecule has 0 aliphatic carbocycles. The number of nitrogens with one attached hydrogen (secondary N) is 1. The van der Waals surface area contributed by atoms with Crippen molar-refractivity contribution in [3.05, 3.63) is 0 Å². The summed E-state index contributed by atoms with van der Waals surface area (Å²) in [5, 5.41) is 3.41. The molecule has 0 aromatic heterocycles. The van der Waals surface area contributed by atoms with E-state index in [-0.39, 0.29) is 17.0 Å². The summed E-state index contributed by atoms with van der Waals surface area (Å²) in [6, 6.07) is 0. The zero-order valence-corrected chi connectivity index (χ0v) is 9.36. The maximum Gasteiger partial charge on any atom is -0.00436 e. The van der Waals surface area contributed by atoms with E-state index in [1.54, 1.807) is 0 Å². The van der Waals surface area contributed by atoms with Gasteiger partial charge in [0.1, 0.15) is 0 Å². The maximum atomic E-state index is 3.41. The lowest BCUT2D eigenvalue weighted by molar-refractivity contribution is 0.185. The number of rotatable bonds is 2. The normalized spacial score (nSPS) is 22.4. The first-order valence-electron chi connectivity index (χ1n) is 4.54. The molecule has 1 fully saturated rings. The van der Waals surface area contributed by atoms with Crippen molar-refractivity contribution >= 4 is 17.0 Å². The molecule has 0 unspecified atom stereocenters. The van der Waals surface area contributed by atoms with Crippen LogP contribution >= 0.6 is 17.0 Å². The third kappa shape index (κ3) is 2.75. The predicted octanol–water partition coefficient (Wildman–Crippen LogP) is 2.75. The molecule has 1 heterocycles. The van der Waals surface area contributed by atoms with Crippen LogP contribution in [0.15, 0.2) is 0 Å². The Bertz CT molecular complexity index is 91.7. The fourth-order valence-electron chi connectivity index (χ4n) is 1.91. The summed E-state index contributed by atoms with van der Waals surface area (Å²) in [5.41, 5.74) is 0.700. The van der Waals surface area contributed by atoms with Gasteiger partial charge in [0.15, 0.2) is 0 Å². The molecule has 1 aliphatic rings. The number of piperidine rings is 1. The SMILES string of the molecule is Br.CCC1(CC)CCNCC1. The van der Waals surface area contributed by atoms with E-state index in [1.165, 1.54) is 38.8 Å². The van der Waals surface area contributed by atoms with Crippen LogP contribution in [0.3, 0.4) is 0 Å². The highest BCUT2D eigenvalue weighted by Gasteiger charge is 2.27. The van der Waals surface area contributed by atoms with Crippen molar-refractivity contribution in [1.29, 1.82) is 0 Å². The average Bonchev–Trinajstić information content (AvgIpc) is 2.06. The second-order valence-electron chi connectivity index (χ2n) is 3.46. The summed E-state index contributed by atoms with van der Waals surface area (Å²) in [7, 11) is 0. The molecule has 0 aromatic carbocycles. The quantitative estimate of drug-likeness (QED) is 0.757.